The van der Waals surface area contributed by atoms with Crippen LogP contribution in [-0.4, -0.2) is 31.5 Å². The van der Waals surface area contributed by atoms with E-state index in [2.05, 4.69) is 4.74 Å². The third kappa shape index (κ3) is 4.33. The van der Waals surface area contributed by atoms with E-state index < -0.39 is 16.3 Å². The third-order valence-corrected chi connectivity index (χ3v) is 4.51. The molecule has 1 amide bonds. The first-order valence-corrected chi connectivity index (χ1v) is 8.17. The molecule has 21 heavy (non-hydrogen) atoms. The number of hydrogen-bond donors (Lipinski definition) is 2. The van der Waals surface area contributed by atoms with Crippen molar-refractivity contribution in [2.75, 3.05) is 12.3 Å². The molecule has 8 heteroatoms. The van der Waals surface area contributed by atoms with Crippen LogP contribution in [-0.2, 0) is 21.5 Å². The zero-order chi connectivity index (χ0) is 15.5. The van der Waals surface area contributed by atoms with Crippen molar-refractivity contribution in [1.82, 2.24) is 9.03 Å². The van der Waals surface area contributed by atoms with Gasteiger partial charge in [0.05, 0.1) is 6.61 Å². The number of nitrogens with one attached hydrogen (secondary N) is 1. The van der Waals surface area contributed by atoms with Crippen molar-refractivity contribution in [3.05, 3.63) is 29.8 Å². The van der Waals surface area contributed by atoms with E-state index in [4.69, 9.17) is 5.73 Å². The number of amides is 1. The van der Waals surface area contributed by atoms with Crippen molar-refractivity contribution in [2.24, 2.45) is 0 Å². The minimum atomic E-state index is -3.92. The number of carbonyl (C=O) groups excluding carboxylic acids is 1. The van der Waals surface area contributed by atoms with Crippen molar-refractivity contribution in [2.45, 2.75) is 32.4 Å². The van der Waals surface area contributed by atoms with Crippen LogP contribution in [0.5, 0.6) is 0 Å². The smallest absolute Gasteiger partial charge is 0.421 e. The Kier molecular flexibility index (Phi) is 4.69. The molecule has 1 aromatic rings. The number of rotatable bonds is 6. The molecule has 7 nitrogen and oxygen atoms in total. The lowest BCUT2D eigenvalue weighted by atomic mass is 10.2. The fourth-order valence-corrected chi connectivity index (χ4v) is 3.28. The van der Waals surface area contributed by atoms with Gasteiger partial charge in [-0.2, -0.15) is 12.7 Å². The second-order valence-electron chi connectivity index (χ2n) is 4.85. The Balaban J connectivity index is 2.13. The number of anilines is 1. The average Bonchev–Trinajstić information content (AvgIpc) is 3.19. The van der Waals surface area contributed by atoms with Crippen LogP contribution in [0.4, 0.5) is 10.5 Å². The molecule has 0 atom stereocenters. The van der Waals surface area contributed by atoms with Gasteiger partial charge in [-0.15, -0.1) is 0 Å². The monoisotopic (exact) mass is 313 g/mol. The van der Waals surface area contributed by atoms with Crippen molar-refractivity contribution in [1.29, 1.82) is 0 Å². The zero-order valence-corrected chi connectivity index (χ0v) is 12.6. The number of nitrogens with two attached hydrogens (primary N) is 1. The summed E-state index contributed by atoms with van der Waals surface area (Å²) in [6, 6.07) is 6.93. The van der Waals surface area contributed by atoms with Crippen LogP contribution in [0.25, 0.3) is 0 Å². The minimum absolute atomic E-state index is 0.0849. The second kappa shape index (κ2) is 6.31. The summed E-state index contributed by atoms with van der Waals surface area (Å²) < 4.78 is 32.4. The van der Waals surface area contributed by atoms with Crippen molar-refractivity contribution in [3.63, 3.8) is 0 Å². The van der Waals surface area contributed by atoms with Gasteiger partial charge in [-0.1, -0.05) is 12.1 Å². The number of carbonyl (C=O) groups is 1. The van der Waals surface area contributed by atoms with E-state index in [0.29, 0.717) is 5.69 Å². The highest BCUT2D eigenvalue weighted by Crippen LogP contribution is 2.30. The number of ether oxygens (including phenoxy) is 1. The Morgan fingerprint density at radius 3 is 2.76 bits per heavy atom. The summed E-state index contributed by atoms with van der Waals surface area (Å²) in [5.41, 5.74) is 7.04. The first-order chi connectivity index (χ1) is 9.92. The van der Waals surface area contributed by atoms with E-state index in [1.54, 1.807) is 31.2 Å². The van der Waals surface area contributed by atoms with E-state index in [0.717, 1.165) is 18.4 Å². The molecule has 0 radical (unpaired) electrons. The van der Waals surface area contributed by atoms with Gasteiger partial charge < -0.3 is 10.5 Å². The summed E-state index contributed by atoms with van der Waals surface area (Å²) in [4.78, 5) is 11.4. The summed E-state index contributed by atoms with van der Waals surface area (Å²) in [6.07, 6.45) is 0.605. The fraction of sp³-hybridized carbons (Fsp3) is 0.462. The van der Waals surface area contributed by atoms with Crippen LogP contribution in [0, 0.1) is 0 Å². The average molecular weight is 313 g/mol. The number of nitrogens with zero attached hydrogens (tertiary/aromatic N) is 1. The van der Waals surface area contributed by atoms with Crippen LogP contribution in [0.2, 0.25) is 0 Å². The summed E-state index contributed by atoms with van der Waals surface area (Å²) in [5, 5.41) is 0. The van der Waals surface area contributed by atoms with Crippen LogP contribution in [0.15, 0.2) is 24.3 Å². The van der Waals surface area contributed by atoms with Gasteiger partial charge in [-0.3, -0.25) is 0 Å². The standard InChI is InChI=1S/C13H19N3O4S/c1-2-20-13(17)15-21(18,19)16(12-6-7-12)9-10-4-3-5-11(14)8-10/h3-5,8,12H,2,6-7,9,14H2,1H3,(H,15,17). The van der Waals surface area contributed by atoms with E-state index in [1.165, 1.54) is 4.31 Å². The maximum Gasteiger partial charge on any atom is 0.421 e. The molecule has 0 aromatic heterocycles. The van der Waals surface area contributed by atoms with Crippen LogP contribution >= 0.6 is 0 Å². The second-order valence-corrected chi connectivity index (χ2v) is 6.47. The highest BCUT2D eigenvalue weighted by atomic mass is 32.2. The van der Waals surface area contributed by atoms with Gasteiger partial charge in [0.1, 0.15) is 0 Å². The molecule has 0 unspecified atom stereocenters. The van der Waals surface area contributed by atoms with Crippen LogP contribution in [0.1, 0.15) is 25.3 Å². The fourth-order valence-electron chi connectivity index (χ4n) is 1.97. The Morgan fingerprint density at radius 1 is 1.48 bits per heavy atom. The number of hydrogen-bond acceptors (Lipinski definition) is 5. The van der Waals surface area contributed by atoms with Crippen molar-refractivity contribution < 1.29 is 17.9 Å². The molecular formula is C13H19N3O4S. The molecule has 1 aliphatic carbocycles. The Hall–Kier alpha value is -1.80. The summed E-state index contributed by atoms with van der Waals surface area (Å²) in [5.74, 6) is 0. The van der Waals surface area contributed by atoms with E-state index in [-0.39, 0.29) is 19.2 Å². The predicted octanol–water partition coefficient (Wildman–Crippen LogP) is 1.22. The van der Waals surface area contributed by atoms with Crippen molar-refractivity contribution in [3.8, 4) is 0 Å². The minimum Gasteiger partial charge on any atom is -0.449 e. The topological polar surface area (TPSA) is 102 Å². The summed E-state index contributed by atoms with van der Waals surface area (Å²) >= 11 is 0. The van der Waals surface area contributed by atoms with Gasteiger partial charge in [-0.05, 0) is 37.5 Å². The Morgan fingerprint density at radius 2 is 2.19 bits per heavy atom. The Bertz CT molecular complexity index is 614. The largest absolute Gasteiger partial charge is 0.449 e. The highest BCUT2D eigenvalue weighted by Gasteiger charge is 2.38. The first kappa shape index (κ1) is 15.6. The lowest BCUT2D eigenvalue weighted by Gasteiger charge is -2.22. The van der Waals surface area contributed by atoms with Crippen LogP contribution < -0.4 is 10.5 Å². The molecule has 0 bridgehead atoms. The lowest BCUT2D eigenvalue weighted by Crippen LogP contribution is -2.44. The van der Waals surface area contributed by atoms with E-state index in [1.807, 2.05) is 4.72 Å². The molecule has 1 fully saturated rings. The molecule has 0 saturated heterocycles. The van der Waals surface area contributed by atoms with Crippen molar-refractivity contribution >= 4 is 22.0 Å². The molecule has 0 heterocycles. The van der Waals surface area contributed by atoms with Gasteiger partial charge in [0.2, 0.25) is 0 Å². The summed E-state index contributed by atoms with van der Waals surface area (Å²) in [7, 11) is -3.92. The molecule has 116 valence electrons. The van der Waals surface area contributed by atoms with Gasteiger partial charge >= 0.3 is 16.3 Å². The molecule has 0 aliphatic heterocycles. The normalized spacial score (nSPS) is 15.0. The van der Waals surface area contributed by atoms with Gasteiger partial charge in [0.15, 0.2) is 0 Å². The number of nitrogen functional groups attached to an aromatic ring is 1. The highest BCUT2D eigenvalue weighted by molar-refractivity contribution is 7.87. The van der Waals surface area contributed by atoms with Crippen LogP contribution in [0.3, 0.4) is 0 Å². The van der Waals surface area contributed by atoms with E-state index in [9.17, 15) is 13.2 Å². The Labute approximate surface area is 124 Å². The first-order valence-electron chi connectivity index (χ1n) is 6.73. The molecule has 0 spiro atoms. The van der Waals surface area contributed by atoms with Gasteiger partial charge in [0, 0.05) is 18.3 Å². The molecule has 1 saturated carbocycles. The zero-order valence-electron chi connectivity index (χ0n) is 11.8. The third-order valence-electron chi connectivity index (χ3n) is 3.04. The maximum absolute atomic E-state index is 12.3. The maximum atomic E-state index is 12.3. The van der Waals surface area contributed by atoms with E-state index >= 15 is 0 Å². The van der Waals surface area contributed by atoms with Gasteiger partial charge in [-0.25, -0.2) is 9.52 Å². The molecular weight excluding hydrogens is 294 g/mol. The molecule has 3 N–H and O–H groups in total. The number of benzene rings is 1. The molecule has 2 rings (SSSR count). The summed E-state index contributed by atoms with van der Waals surface area (Å²) in [6.45, 7) is 1.89. The molecule has 1 aromatic carbocycles. The predicted molar refractivity (Wildman–Crippen MR) is 78.5 cm³/mol. The lowest BCUT2D eigenvalue weighted by molar-refractivity contribution is 0.158. The SMILES string of the molecule is CCOC(=O)NS(=O)(=O)N(Cc1cccc(N)c1)C1CC1. The quantitative estimate of drug-likeness (QED) is 0.769. The molecule has 1 aliphatic rings. The van der Waals surface area contributed by atoms with Gasteiger partial charge in [0.25, 0.3) is 0 Å².